The lowest BCUT2D eigenvalue weighted by Gasteiger charge is -2.26. The Bertz CT molecular complexity index is 1240. The van der Waals surface area contributed by atoms with E-state index in [9.17, 15) is 14.0 Å². The van der Waals surface area contributed by atoms with Crippen LogP contribution in [0.2, 0.25) is 0 Å². The van der Waals surface area contributed by atoms with Gasteiger partial charge in [-0.25, -0.2) is 18.7 Å². The normalized spacial score (nSPS) is 24.5. The summed E-state index contributed by atoms with van der Waals surface area (Å²) in [6, 6.07) is 6.92. The van der Waals surface area contributed by atoms with Crippen LogP contribution in [0.5, 0.6) is 0 Å². The fraction of sp³-hybridized carbons (Fsp3) is 0.400. The average Bonchev–Trinajstić information content (AvgIpc) is 3.35. The summed E-state index contributed by atoms with van der Waals surface area (Å²) in [4.78, 5) is 29.6. The summed E-state index contributed by atoms with van der Waals surface area (Å²) in [6.07, 6.45) is 5.09. The molecule has 0 bridgehead atoms. The molecule has 1 saturated heterocycles. The second kappa shape index (κ2) is 7.86. The fourth-order valence-corrected chi connectivity index (χ4v) is 4.72. The number of esters is 1. The standard InChI is InChI=1S/C25H25FN2O5/c1-14(2)22(23-27-19-12-20(29)32-25(19,13-26)33-23)31-24(30)28-17-10-7-5-9-16(17)21-15(3)8-4-6-11-18(21)28/h4-10,14,19,22H,11-13H2,1-3H3/t19-,22-,25-/m0/s1. The molecule has 3 heterocycles. The number of aliphatic imine (C=N–C) groups is 1. The molecule has 3 aliphatic rings. The van der Waals surface area contributed by atoms with E-state index in [1.807, 2.05) is 63.3 Å². The molecular formula is C25H25FN2O5. The number of aromatic nitrogens is 1. The van der Waals surface area contributed by atoms with Crippen LogP contribution in [0.3, 0.4) is 0 Å². The average molecular weight is 452 g/mol. The minimum atomic E-state index is -1.75. The maximum Gasteiger partial charge on any atom is 0.419 e. The monoisotopic (exact) mass is 452 g/mol. The van der Waals surface area contributed by atoms with Crippen LogP contribution in [0, 0.1) is 5.92 Å². The van der Waals surface area contributed by atoms with Crippen molar-refractivity contribution in [1.82, 2.24) is 4.57 Å². The van der Waals surface area contributed by atoms with Gasteiger partial charge in [0.1, 0.15) is 6.04 Å². The SMILES string of the molecule is CC1=CC=CCc2c1c1ccccc1n2C(=O)O[C@H](C1=N[C@H]2CC(=O)O[C@@]2(CF)O1)C(C)C. The summed E-state index contributed by atoms with van der Waals surface area (Å²) in [7, 11) is 0. The third-order valence-electron chi connectivity index (χ3n) is 6.32. The topological polar surface area (TPSA) is 79.1 Å². The third-order valence-corrected chi connectivity index (χ3v) is 6.32. The van der Waals surface area contributed by atoms with E-state index in [1.54, 1.807) is 4.57 Å². The first kappa shape index (κ1) is 21.4. The number of rotatable bonds is 4. The number of fused-ring (bicyclic) bond motifs is 4. The van der Waals surface area contributed by atoms with E-state index in [0.717, 1.165) is 27.7 Å². The van der Waals surface area contributed by atoms with Crippen LogP contribution in [0.25, 0.3) is 16.5 Å². The third kappa shape index (κ3) is 3.35. The number of para-hydroxylation sites is 1. The molecule has 2 aliphatic heterocycles. The number of benzene rings is 1. The van der Waals surface area contributed by atoms with Crippen molar-refractivity contribution in [2.75, 3.05) is 6.67 Å². The Morgan fingerprint density at radius 1 is 1.33 bits per heavy atom. The summed E-state index contributed by atoms with van der Waals surface area (Å²) in [6.45, 7) is 4.71. The first-order valence-electron chi connectivity index (χ1n) is 11.1. The van der Waals surface area contributed by atoms with Crippen LogP contribution in [0.1, 0.15) is 38.4 Å². The van der Waals surface area contributed by atoms with Gasteiger partial charge in [-0.2, -0.15) is 0 Å². The highest BCUT2D eigenvalue weighted by Crippen LogP contribution is 2.39. The highest BCUT2D eigenvalue weighted by atomic mass is 19.1. The van der Waals surface area contributed by atoms with Gasteiger partial charge in [0, 0.05) is 23.1 Å². The predicted octanol–water partition coefficient (Wildman–Crippen LogP) is 4.58. The quantitative estimate of drug-likeness (QED) is 0.635. The van der Waals surface area contributed by atoms with E-state index in [2.05, 4.69) is 4.99 Å². The molecule has 1 aliphatic carbocycles. The summed E-state index contributed by atoms with van der Waals surface area (Å²) in [5.74, 6) is -2.44. The zero-order chi connectivity index (χ0) is 23.3. The van der Waals surface area contributed by atoms with Gasteiger partial charge in [-0.15, -0.1) is 0 Å². The molecule has 1 aromatic carbocycles. The van der Waals surface area contributed by atoms with Crippen molar-refractivity contribution in [3.8, 4) is 0 Å². The minimum Gasteiger partial charge on any atom is -0.435 e. The van der Waals surface area contributed by atoms with Crippen molar-refractivity contribution in [3.05, 3.63) is 53.8 Å². The number of carbonyl (C=O) groups excluding carboxylic acids is 2. The van der Waals surface area contributed by atoms with E-state index >= 15 is 0 Å². The molecular weight excluding hydrogens is 427 g/mol. The smallest absolute Gasteiger partial charge is 0.419 e. The highest BCUT2D eigenvalue weighted by Gasteiger charge is 2.58. The Hall–Kier alpha value is -3.42. The van der Waals surface area contributed by atoms with Crippen molar-refractivity contribution in [2.24, 2.45) is 10.9 Å². The zero-order valence-electron chi connectivity index (χ0n) is 18.7. The lowest BCUT2D eigenvalue weighted by Crippen LogP contribution is -2.43. The van der Waals surface area contributed by atoms with Gasteiger partial charge in [-0.3, -0.25) is 4.79 Å². The number of ether oxygens (including phenoxy) is 3. The molecule has 8 heteroatoms. The predicted molar refractivity (Wildman–Crippen MR) is 121 cm³/mol. The van der Waals surface area contributed by atoms with Crippen molar-refractivity contribution in [1.29, 1.82) is 0 Å². The zero-order valence-corrected chi connectivity index (χ0v) is 18.7. The first-order valence-corrected chi connectivity index (χ1v) is 11.1. The number of carbonyl (C=O) groups is 2. The molecule has 1 fully saturated rings. The van der Waals surface area contributed by atoms with Crippen LogP contribution >= 0.6 is 0 Å². The lowest BCUT2D eigenvalue weighted by atomic mass is 10.0. The molecule has 2 aromatic rings. The Labute approximate surface area is 190 Å². The summed E-state index contributed by atoms with van der Waals surface area (Å²) >= 11 is 0. The van der Waals surface area contributed by atoms with Gasteiger partial charge < -0.3 is 14.2 Å². The molecule has 0 N–H and O–H groups in total. The molecule has 5 rings (SSSR count). The van der Waals surface area contributed by atoms with Gasteiger partial charge >= 0.3 is 17.8 Å². The number of halogens is 1. The molecule has 0 radical (unpaired) electrons. The van der Waals surface area contributed by atoms with Crippen molar-refractivity contribution in [2.45, 2.75) is 51.5 Å². The molecule has 0 spiro atoms. The van der Waals surface area contributed by atoms with Gasteiger partial charge in [0.2, 0.25) is 5.90 Å². The molecule has 7 nitrogen and oxygen atoms in total. The molecule has 1 aromatic heterocycles. The second-order valence-electron chi connectivity index (χ2n) is 8.91. The summed E-state index contributed by atoms with van der Waals surface area (Å²) in [5.41, 5.74) is 3.66. The number of allylic oxidation sites excluding steroid dienone is 4. The highest BCUT2D eigenvalue weighted by molar-refractivity contribution is 6.00. The lowest BCUT2D eigenvalue weighted by molar-refractivity contribution is -0.186. The minimum absolute atomic E-state index is 0.0696. The van der Waals surface area contributed by atoms with Gasteiger partial charge in [-0.05, 0) is 24.5 Å². The van der Waals surface area contributed by atoms with Crippen LogP contribution in [-0.2, 0) is 25.4 Å². The van der Waals surface area contributed by atoms with Crippen LogP contribution in [-0.4, -0.2) is 47.1 Å². The maximum absolute atomic E-state index is 13.8. The van der Waals surface area contributed by atoms with E-state index in [1.165, 1.54) is 0 Å². The van der Waals surface area contributed by atoms with Crippen LogP contribution in [0.15, 0.2) is 47.5 Å². The largest absolute Gasteiger partial charge is 0.435 e. The van der Waals surface area contributed by atoms with E-state index < -0.39 is 36.7 Å². The van der Waals surface area contributed by atoms with E-state index in [-0.39, 0.29) is 18.2 Å². The molecule has 33 heavy (non-hydrogen) atoms. The Morgan fingerprint density at radius 2 is 2.12 bits per heavy atom. The number of alkyl halides is 1. The van der Waals surface area contributed by atoms with Gasteiger partial charge in [0.15, 0.2) is 12.8 Å². The number of hydrogen-bond acceptors (Lipinski definition) is 6. The van der Waals surface area contributed by atoms with Gasteiger partial charge in [0.05, 0.1) is 11.9 Å². The van der Waals surface area contributed by atoms with Crippen LogP contribution < -0.4 is 0 Å². The van der Waals surface area contributed by atoms with E-state index in [4.69, 9.17) is 14.2 Å². The van der Waals surface area contributed by atoms with Crippen molar-refractivity contribution < 1.29 is 28.2 Å². The maximum atomic E-state index is 13.8. The number of nitrogens with zero attached hydrogens (tertiary/aromatic N) is 2. The van der Waals surface area contributed by atoms with Crippen LogP contribution in [0.4, 0.5) is 9.18 Å². The van der Waals surface area contributed by atoms with Crippen molar-refractivity contribution >= 4 is 34.4 Å². The molecule has 0 amide bonds. The molecule has 172 valence electrons. The molecule has 0 saturated carbocycles. The van der Waals surface area contributed by atoms with Crippen molar-refractivity contribution in [3.63, 3.8) is 0 Å². The number of hydrogen-bond donors (Lipinski definition) is 0. The van der Waals surface area contributed by atoms with Gasteiger partial charge in [-0.1, -0.05) is 50.3 Å². The Morgan fingerprint density at radius 3 is 2.85 bits per heavy atom. The molecule has 0 unspecified atom stereocenters. The summed E-state index contributed by atoms with van der Waals surface area (Å²) in [5, 5.41) is 0.968. The fourth-order valence-electron chi connectivity index (χ4n) is 4.72. The molecule has 3 atom stereocenters. The Balaban J connectivity index is 1.51. The first-order chi connectivity index (χ1) is 15.8. The Kier molecular flexibility index (Phi) is 5.11. The van der Waals surface area contributed by atoms with Gasteiger partial charge in [0.25, 0.3) is 0 Å². The second-order valence-corrected chi connectivity index (χ2v) is 8.91. The van der Waals surface area contributed by atoms with E-state index in [0.29, 0.717) is 6.42 Å². The summed E-state index contributed by atoms with van der Waals surface area (Å²) < 4.78 is 32.1.